The molecule has 1 aliphatic heterocycles. The van der Waals surface area contributed by atoms with Gasteiger partial charge in [0, 0.05) is 36.3 Å². The van der Waals surface area contributed by atoms with E-state index in [4.69, 9.17) is 11.6 Å². The predicted molar refractivity (Wildman–Crippen MR) is 81.5 cm³/mol. The molecule has 1 fully saturated rings. The number of hydrogen-bond acceptors (Lipinski definition) is 5. The number of rotatable bonds is 7. The van der Waals surface area contributed by atoms with Crippen LogP contribution in [-0.4, -0.2) is 47.2 Å². The van der Waals surface area contributed by atoms with Crippen LogP contribution in [0.4, 0.5) is 5.69 Å². The number of nitrogens with zero attached hydrogens (tertiary/aromatic N) is 2. The Labute approximate surface area is 128 Å². The van der Waals surface area contributed by atoms with Crippen molar-refractivity contribution in [1.82, 2.24) is 10.2 Å². The second-order valence-electron chi connectivity index (χ2n) is 5.32. The van der Waals surface area contributed by atoms with Crippen LogP contribution in [0.25, 0.3) is 0 Å². The number of benzene rings is 1. The molecule has 2 rings (SSSR count). The van der Waals surface area contributed by atoms with Crippen molar-refractivity contribution < 1.29 is 10.0 Å². The van der Waals surface area contributed by atoms with Crippen LogP contribution < -0.4 is 5.32 Å². The molecule has 0 amide bonds. The van der Waals surface area contributed by atoms with Gasteiger partial charge in [-0.1, -0.05) is 11.6 Å². The quantitative estimate of drug-likeness (QED) is 0.593. The van der Waals surface area contributed by atoms with Gasteiger partial charge in [-0.3, -0.25) is 10.1 Å². The summed E-state index contributed by atoms with van der Waals surface area (Å²) < 4.78 is 0. The number of nitro benzene ring substituents is 1. The first-order valence-electron chi connectivity index (χ1n) is 7.10. The lowest BCUT2D eigenvalue weighted by Gasteiger charge is -2.19. The average molecular weight is 314 g/mol. The van der Waals surface area contributed by atoms with Gasteiger partial charge in [-0.05, 0) is 38.1 Å². The van der Waals surface area contributed by atoms with Gasteiger partial charge in [0.2, 0.25) is 0 Å². The molecule has 1 heterocycles. The van der Waals surface area contributed by atoms with Crippen molar-refractivity contribution in [2.24, 2.45) is 0 Å². The highest BCUT2D eigenvalue weighted by molar-refractivity contribution is 6.30. The van der Waals surface area contributed by atoms with Crippen molar-refractivity contribution in [1.29, 1.82) is 0 Å². The van der Waals surface area contributed by atoms with Crippen molar-refractivity contribution in [3.05, 3.63) is 38.9 Å². The van der Waals surface area contributed by atoms with E-state index in [2.05, 4.69) is 10.2 Å². The molecule has 1 aromatic carbocycles. The fraction of sp³-hybridized carbons (Fsp3) is 0.571. The molecule has 0 aromatic heterocycles. The number of aliphatic hydroxyl groups excluding tert-OH is 1. The second-order valence-corrected chi connectivity index (χ2v) is 5.76. The van der Waals surface area contributed by atoms with Crippen molar-refractivity contribution in [2.45, 2.75) is 25.5 Å². The van der Waals surface area contributed by atoms with Crippen LogP contribution in [0.2, 0.25) is 5.02 Å². The first kappa shape index (κ1) is 16.2. The van der Waals surface area contributed by atoms with Gasteiger partial charge in [0.15, 0.2) is 0 Å². The lowest BCUT2D eigenvalue weighted by molar-refractivity contribution is -0.385. The molecule has 0 spiro atoms. The minimum atomic E-state index is -0.471. The summed E-state index contributed by atoms with van der Waals surface area (Å²) in [5, 5.41) is 24.4. The van der Waals surface area contributed by atoms with E-state index in [1.807, 2.05) is 0 Å². The van der Waals surface area contributed by atoms with Gasteiger partial charge >= 0.3 is 0 Å². The SMILES string of the molecule is O=[N+]([O-])c1ccc(Cl)cc1CNCC(O)CN1CCCC1. The normalized spacial score (nSPS) is 17.0. The van der Waals surface area contributed by atoms with Crippen LogP contribution in [0, 0.1) is 10.1 Å². The van der Waals surface area contributed by atoms with E-state index in [1.54, 1.807) is 6.07 Å². The first-order chi connectivity index (χ1) is 10.1. The minimum absolute atomic E-state index is 0.0425. The summed E-state index contributed by atoms with van der Waals surface area (Å²) >= 11 is 5.87. The third kappa shape index (κ3) is 4.93. The summed E-state index contributed by atoms with van der Waals surface area (Å²) in [4.78, 5) is 12.7. The Morgan fingerprint density at radius 1 is 1.43 bits per heavy atom. The maximum atomic E-state index is 10.9. The molecule has 7 heteroatoms. The van der Waals surface area contributed by atoms with Crippen LogP contribution in [0.3, 0.4) is 0 Å². The molecule has 0 radical (unpaired) electrons. The summed E-state index contributed by atoms with van der Waals surface area (Å²) in [5.74, 6) is 0. The van der Waals surface area contributed by atoms with Crippen molar-refractivity contribution in [3.8, 4) is 0 Å². The number of aliphatic hydroxyl groups is 1. The summed E-state index contributed by atoms with van der Waals surface area (Å²) in [7, 11) is 0. The van der Waals surface area contributed by atoms with Crippen LogP contribution >= 0.6 is 11.6 Å². The van der Waals surface area contributed by atoms with Gasteiger partial charge in [0.25, 0.3) is 5.69 Å². The Morgan fingerprint density at radius 2 is 2.14 bits per heavy atom. The van der Waals surface area contributed by atoms with Crippen LogP contribution in [0.15, 0.2) is 18.2 Å². The zero-order valence-electron chi connectivity index (χ0n) is 11.8. The number of β-amino-alcohol motifs (C(OH)–C–C–N with tert-alkyl or cyclic N) is 1. The highest BCUT2D eigenvalue weighted by atomic mass is 35.5. The Bertz CT molecular complexity index is 492. The van der Waals surface area contributed by atoms with Gasteiger partial charge in [0.1, 0.15) is 0 Å². The fourth-order valence-corrected chi connectivity index (χ4v) is 2.77. The average Bonchev–Trinajstić information content (AvgIpc) is 2.91. The molecular weight excluding hydrogens is 294 g/mol. The molecule has 21 heavy (non-hydrogen) atoms. The molecule has 1 atom stereocenters. The summed E-state index contributed by atoms with van der Waals surface area (Å²) in [5.41, 5.74) is 0.571. The van der Waals surface area contributed by atoms with E-state index in [0.29, 0.717) is 30.2 Å². The topological polar surface area (TPSA) is 78.6 Å². The first-order valence-corrected chi connectivity index (χ1v) is 7.48. The maximum absolute atomic E-state index is 10.9. The number of nitro groups is 1. The third-order valence-electron chi connectivity index (χ3n) is 3.60. The predicted octanol–water partition coefficient (Wildman–Crippen LogP) is 1.79. The number of halogens is 1. The molecule has 6 nitrogen and oxygen atoms in total. The fourth-order valence-electron chi connectivity index (χ4n) is 2.58. The zero-order valence-corrected chi connectivity index (χ0v) is 12.6. The Hall–Kier alpha value is -1.21. The lowest BCUT2D eigenvalue weighted by Crippen LogP contribution is -2.36. The molecule has 0 saturated carbocycles. The van der Waals surface area contributed by atoms with E-state index >= 15 is 0 Å². The van der Waals surface area contributed by atoms with Gasteiger partial charge in [-0.15, -0.1) is 0 Å². The Kier molecular flexibility index (Phi) is 5.93. The molecular formula is C14H20ClN3O3. The second kappa shape index (κ2) is 7.70. The van der Waals surface area contributed by atoms with E-state index < -0.39 is 11.0 Å². The molecule has 1 unspecified atom stereocenters. The molecule has 1 aliphatic rings. The molecule has 0 bridgehead atoms. The smallest absolute Gasteiger partial charge is 0.273 e. The Morgan fingerprint density at radius 3 is 2.81 bits per heavy atom. The van der Waals surface area contributed by atoms with Crippen molar-refractivity contribution >= 4 is 17.3 Å². The monoisotopic (exact) mass is 313 g/mol. The third-order valence-corrected chi connectivity index (χ3v) is 3.84. The largest absolute Gasteiger partial charge is 0.390 e. The summed E-state index contributed by atoms with van der Waals surface area (Å²) in [6.07, 6.45) is 1.91. The van der Waals surface area contributed by atoms with Gasteiger partial charge in [-0.2, -0.15) is 0 Å². The molecule has 0 aliphatic carbocycles. The minimum Gasteiger partial charge on any atom is -0.390 e. The lowest BCUT2D eigenvalue weighted by atomic mass is 10.2. The van der Waals surface area contributed by atoms with E-state index in [0.717, 1.165) is 13.1 Å². The number of likely N-dealkylation sites (tertiary alicyclic amines) is 1. The van der Waals surface area contributed by atoms with Gasteiger partial charge in [0.05, 0.1) is 11.0 Å². The van der Waals surface area contributed by atoms with Crippen LogP contribution in [0.5, 0.6) is 0 Å². The maximum Gasteiger partial charge on any atom is 0.273 e. The molecule has 2 N–H and O–H groups in total. The molecule has 116 valence electrons. The summed E-state index contributed by atoms with van der Waals surface area (Å²) in [6.45, 7) is 3.44. The van der Waals surface area contributed by atoms with E-state index in [-0.39, 0.29) is 5.69 Å². The molecule has 1 saturated heterocycles. The summed E-state index contributed by atoms with van der Waals surface area (Å²) in [6, 6.07) is 4.49. The highest BCUT2D eigenvalue weighted by Gasteiger charge is 2.17. The number of nitrogens with one attached hydrogen (secondary N) is 1. The zero-order chi connectivity index (χ0) is 15.2. The van der Waals surface area contributed by atoms with Crippen LogP contribution in [0.1, 0.15) is 18.4 Å². The molecule has 1 aromatic rings. The standard InChI is InChI=1S/C14H20ClN3O3/c15-12-3-4-14(18(20)21)11(7-12)8-16-9-13(19)10-17-5-1-2-6-17/h3-4,7,13,16,19H,1-2,5-6,8-10H2. The highest BCUT2D eigenvalue weighted by Crippen LogP contribution is 2.22. The van der Waals surface area contributed by atoms with Gasteiger partial charge in [-0.25, -0.2) is 0 Å². The van der Waals surface area contributed by atoms with E-state index in [1.165, 1.54) is 25.0 Å². The van der Waals surface area contributed by atoms with Crippen molar-refractivity contribution in [2.75, 3.05) is 26.2 Å². The van der Waals surface area contributed by atoms with E-state index in [9.17, 15) is 15.2 Å². The number of hydrogen-bond donors (Lipinski definition) is 2. The van der Waals surface area contributed by atoms with Gasteiger partial charge < -0.3 is 15.3 Å². The van der Waals surface area contributed by atoms with Crippen LogP contribution in [-0.2, 0) is 6.54 Å². The van der Waals surface area contributed by atoms with Crippen molar-refractivity contribution in [3.63, 3.8) is 0 Å². The Balaban J connectivity index is 1.82.